The van der Waals surface area contributed by atoms with Crippen molar-refractivity contribution in [2.24, 2.45) is 0 Å². The lowest BCUT2D eigenvalue weighted by Crippen LogP contribution is -2.12. The van der Waals surface area contributed by atoms with Gasteiger partial charge in [-0.2, -0.15) is 13.9 Å². The summed E-state index contributed by atoms with van der Waals surface area (Å²) in [4.78, 5) is 12.4. The van der Waals surface area contributed by atoms with E-state index in [0.29, 0.717) is 12.2 Å². The lowest BCUT2D eigenvalue weighted by Gasteiger charge is -2.11. The SMILES string of the molecule is COc1cc(C(=O)Nc2cnn(Cc3ccc(F)cc3)c2)ccc1OC(F)F. The molecule has 28 heavy (non-hydrogen) atoms. The van der Waals surface area contributed by atoms with Gasteiger partial charge in [-0.15, -0.1) is 0 Å². The normalized spacial score (nSPS) is 10.8. The predicted octanol–water partition coefficient (Wildman–Crippen LogP) is 3.93. The van der Waals surface area contributed by atoms with Gasteiger partial charge in [-0.05, 0) is 35.9 Å². The minimum absolute atomic E-state index is 0.0138. The summed E-state index contributed by atoms with van der Waals surface area (Å²) in [7, 11) is 1.29. The van der Waals surface area contributed by atoms with Crippen LogP contribution in [-0.4, -0.2) is 29.4 Å². The van der Waals surface area contributed by atoms with Crippen molar-refractivity contribution in [3.63, 3.8) is 0 Å². The van der Waals surface area contributed by atoms with Crippen LogP contribution in [0.15, 0.2) is 54.9 Å². The third-order valence-corrected chi connectivity index (χ3v) is 3.79. The highest BCUT2D eigenvalue weighted by Gasteiger charge is 2.15. The van der Waals surface area contributed by atoms with E-state index in [-0.39, 0.29) is 22.9 Å². The molecule has 9 heteroatoms. The Morgan fingerprint density at radius 3 is 2.61 bits per heavy atom. The minimum atomic E-state index is -3.00. The van der Waals surface area contributed by atoms with Crippen molar-refractivity contribution >= 4 is 11.6 Å². The maximum Gasteiger partial charge on any atom is 0.387 e. The van der Waals surface area contributed by atoms with E-state index in [0.717, 1.165) is 5.56 Å². The molecule has 0 fully saturated rings. The van der Waals surface area contributed by atoms with Crippen LogP contribution in [0.1, 0.15) is 15.9 Å². The highest BCUT2D eigenvalue weighted by Crippen LogP contribution is 2.29. The fourth-order valence-electron chi connectivity index (χ4n) is 2.50. The van der Waals surface area contributed by atoms with Gasteiger partial charge in [0.05, 0.1) is 25.5 Å². The third-order valence-electron chi connectivity index (χ3n) is 3.79. The molecule has 1 heterocycles. The number of hydrogen-bond acceptors (Lipinski definition) is 4. The molecule has 0 aliphatic carbocycles. The molecule has 0 radical (unpaired) electrons. The van der Waals surface area contributed by atoms with Crippen molar-refractivity contribution in [2.75, 3.05) is 12.4 Å². The molecule has 6 nitrogen and oxygen atoms in total. The van der Waals surface area contributed by atoms with Gasteiger partial charge in [-0.3, -0.25) is 9.48 Å². The van der Waals surface area contributed by atoms with Gasteiger partial charge in [0.15, 0.2) is 11.5 Å². The number of methoxy groups -OCH3 is 1. The summed E-state index contributed by atoms with van der Waals surface area (Å²) in [6, 6.07) is 9.88. The molecule has 1 N–H and O–H groups in total. The van der Waals surface area contributed by atoms with Gasteiger partial charge in [0.25, 0.3) is 5.91 Å². The number of carbonyl (C=O) groups excluding carboxylic acids is 1. The number of halogens is 3. The molecule has 0 atom stereocenters. The number of aromatic nitrogens is 2. The first-order chi connectivity index (χ1) is 13.4. The number of hydrogen-bond donors (Lipinski definition) is 1. The monoisotopic (exact) mass is 391 g/mol. The average molecular weight is 391 g/mol. The maximum atomic E-state index is 13.0. The van der Waals surface area contributed by atoms with Crippen molar-refractivity contribution in [3.05, 3.63) is 71.8 Å². The van der Waals surface area contributed by atoms with Gasteiger partial charge in [0.2, 0.25) is 0 Å². The largest absolute Gasteiger partial charge is 0.493 e. The van der Waals surface area contributed by atoms with Crippen LogP contribution in [0.3, 0.4) is 0 Å². The standard InChI is InChI=1S/C19H16F3N3O3/c1-27-17-8-13(4-7-16(17)28-19(21)22)18(26)24-15-9-23-25(11-15)10-12-2-5-14(20)6-3-12/h2-9,11,19H,10H2,1H3,(H,24,26). The quantitative estimate of drug-likeness (QED) is 0.663. The number of nitrogens with zero attached hydrogens (tertiary/aromatic N) is 2. The smallest absolute Gasteiger partial charge is 0.387 e. The Balaban J connectivity index is 1.68. The molecule has 0 saturated heterocycles. The number of carbonyl (C=O) groups is 1. The Hall–Kier alpha value is -3.49. The number of ether oxygens (including phenoxy) is 2. The summed E-state index contributed by atoms with van der Waals surface area (Å²) < 4.78 is 48.6. The van der Waals surface area contributed by atoms with Crippen LogP contribution in [0.25, 0.3) is 0 Å². The number of rotatable bonds is 7. The summed E-state index contributed by atoms with van der Waals surface area (Å²) in [6.07, 6.45) is 3.08. The zero-order valence-corrected chi connectivity index (χ0v) is 14.7. The lowest BCUT2D eigenvalue weighted by molar-refractivity contribution is -0.0512. The fourth-order valence-corrected chi connectivity index (χ4v) is 2.50. The van der Waals surface area contributed by atoms with E-state index in [1.54, 1.807) is 23.0 Å². The summed E-state index contributed by atoms with van der Waals surface area (Å²) in [5, 5.41) is 6.80. The van der Waals surface area contributed by atoms with Crippen molar-refractivity contribution in [1.29, 1.82) is 0 Å². The lowest BCUT2D eigenvalue weighted by atomic mass is 10.2. The highest BCUT2D eigenvalue weighted by atomic mass is 19.3. The summed E-state index contributed by atoms with van der Waals surface area (Å²) >= 11 is 0. The first-order valence-corrected chi connectivity index (χ1v) is 8.15. The second kappa shape index (κ2) is 8.47. The van der Waals surface area contributed by atoms with Gasteiger partial charge in [0.1, 0.15) is 5.82 Å². The first-order valence-electron chi connectivity index (χ1n) is 8.15. The first kappa shape index (κ1) is 19.3. The molecule has 3 rings (SSSR count). The molecule has 0 bridgehead atoms. The van der Waals surface area contributed by atoms with E-state index in [1.807, 2.05) is 0 Å². The minimum Gasteiger partial charge on any atom is -0.493 e. The average Bonchev–Trinajstić information content (AvgIpc) is 3.10. The Kier molecular flexibility index (Phi) is 5.83. The molecule has 0 aliphatic heterocycles. The number of anilines is 1. The Morgan fingerprint density at radius 1 is 1.18 bits per heavy atom. The Morgan fingerprint density at radius 2 is 1.93 bits per heavy atom. The van der Waals surface area contributed by atoms with Gasteiger partial charge >= 0.3 is 6.61 Å². The predicted molar refractivity (Wildman–Crippen MR) is 95.3 cm³/mol. The van der Waals surface area contributed by atoms with Crippen molar-refractivity contribution in [2.45, 2.75) is 13.2 Å². The molecular formula is C19H16F3N3O3. The Labute approximate surface area is 158 Å². The van der Waals surface area contributed by atoms with Crippen molar-refractivity contribution in [1.82, 2.24) is 9.78 Å². The van der Waals surface area contributed by atoms with Crippen LogP contribution in [0.4, 0.5) is 18.9 Å². The van der Waals surface area contributed by atoms with Gasteiger partial charge in [0, 0.05) is 11.8 Å². The highest BCUT2D eigenvalue weighted by molar-refractivity contribution is 6.04. The topological polar surface area (TPSA) is 65.4 Å². The van der Waals surface area contributed by atoms with Crippen LogP contribution in [-0.2, 0) is 6.54 Å². The summed E-state index contributed by atoms with van der Waals surface area (Å²) in [5.41, 5.74) is 1.49. The van der Waals surface area contributed by atoms with Gasteiger partial charge in [-0.1, -0.05) is 12.1 Å². The van der Waals surface area contributed by atoms with E-state index >= 15 is 0 Å². The third kappa shape index (κ3) is 4.81. The van der Waals surface area contributed by atoms with E-state index in [1.165, 1.54) is 43.6 Å². The van der Waals surface area contributed by atoms with Crippen LogP contribution >= 0.6 is 0 Å². The second-order valence-corrected chi connectivity index (χ2v) is 5.75. The van der Waals surface area contributed by atoms with Crippen LogP contribution in [0.5, 0.6) is 11.5 Å². The van der Waals surface area contributed by atoms with Crippen LogP contribution < -0.4 is 14.8 Å². The zero-order valence-electron chi connectivity index (χ0n) is 14.7. The van der Waals surface area contributed by atoms with E-state index in [2.05, 4.69) is 15.2 Å². The molecule has 3 aromatic rings. The molecule has 0 spiro atoms. The molecular weight excluding hydrogens is 375 g/mol. The molecule has 0 aliphatic rings. The van der Waals surface area contributed by atoms with Gasteiger partial charge < -0.3 is 14.8 Å². The molecule has 2 aromatic carbocycles. The molecule has 1 amide bonds. The van der Waals surface area contributed by atoms with Crippen molar-refractivity contribution in [3.8, 4) is 11.5 Å². The van der Waals surface area contributed by atoms with Crippen LogP contribution in [0, 0.1) is 5.82 Å². The zero-order chi connectivity index (χ0) is 20.1. The number of benzene rings is 2. The molecule has 0 saturated carbocycles. The maximum absolute atomic E-state index is 13.0. The second-order valence-electron chi connectivity index (χ2n) is 5.75. The fraction of sp³-hybridized carbons (Fsp3) is 0.158. The number of alkyl halides is 2. The van der Waals surface area contributed by atoms with E-state index in [9.17, 15) is 18.0 Å². The molecule has 146 valence electrons. The number of nitrogens with one attached hydrogen (secondary N) is 1. The Bertz CT molecular complexity index is 959. The molecule has 1 aromatic heterocycles. The van der Waals surface area contributed by atoms with Crippen LogP contribution in [0.2, 0.25) is 0 Å². The van der Waals surface area contributed by atoms with Gasteiger partial charge in [-0.25, -0.2) is 4.39 Å². The van der Waals surface area contributed by atoms with Crippen molar-refractivity contribution < 1.29 is 27.4 Å². The number of amides is 1. The molecule has 0 unspecified atom stereocenters. The summed E-state index contributed by atoms with van der Waals surface area (Å²) in [6.45, 7) is -2.59. The summed E-state index contributed by atoms with van der Waals surface area (Å²) in [5.74, 6) is -0.943. The van der Waals surface area contributed by atoms with E-state index < -0.39 is 12.5 Å². The van der Waals surface area contributed by atoms with E-state index in [4.69, 9.17) is 4.74 Å².